The van der Waals surface area contributed by atoms with Gasteiger partial charge in [-0.15, -0.1) is 0 Å². The van der Waals surface area contributed by atoms with Gasteiger partial charge in [0.2, 0.25) is 0 Å². The Morgan fingerprint density at radius 3 is 3.00 bits per heavy atom. The monoisotopic (exact) mass is 352 g/mol. The van der Waals surface area contributed by atoms with Crippen molar-refractivity contribution in [1.29, 1.82) is 0 Å². The van der Waals surface area contributed by atoms with Crippen LogP contribution in [0.3, 0.4) is 0 Å². The highest BCUT2D eigenvalue weighted by Crippen LogP contribution is 2.30. The number of ether oxygens (including phenoxy) is 1. The molecule has 1 aliphatic carbocycles. The summed E-state index contributed by atoms with van der Waals surface area (Å²) in [5.41, 5.74) is 5.37. The molecule has 0 fully saturated rings. The van der Waals surface area contributed by atoms with Gasteiger partial charge in [0.15, 0.2) is 0 Å². The molecule has 6 heteroatoms. The van der Waals surface area contributed by atoms with Crippen LogP contribution in [0.15, 0.2) is 18.2 Å². The average Bonchev–Trinajstić information content (AvgIpc) is 2.99. The SMILES string of the molecule is Cc1nc(CNC(=O)Nc2ccc3c(c2)C[C@H](C)O3)nc2c1CCCC2. The fourth-order valence-electron chi connectivity index (χ4n) is 3.76. The van der Waals surface area contributed by atoms with Crippen molar-refractivity contribution in [2.24, 2.45) is 0 Å². The number of nitrogens with zero attached hydrogens (tertiary/aromatic N) is 2. The Morgan fingerprint density at radius 2 is 2.12 bits per heavy atom. The molecular formula is C20H24N4O2. The fraction of sp³-hybridized carbons (Fsp3) is 0.450. The van der Waals surface area contributed by atoms with E-state index in [-0.39, 0.29) is 12.1 Å². The molecule has 0 radical (unpaired) electrons. The number of carbonyl (C=O) groups is 1. The highest BCUT2D eigenvalue weighted by atomic mass is 16.5. The van der Waals surface area contributed by atoms with Crippen LogP contribution in [0.1, 0.15) is 48.1 Å². The van der Waals surface area contributed by atoms with Crippen molar-refractivity contribution in [3.05, 3.63) is 46.5 Å². The van der Waals surface area contributed by atoms with E-state index >= 15 is 0 Å². The van der Waals surface area contributed by atoms with Crippen LogP contribution in [0, 0.1) is 6.92 Å². The van der Waals surface area contributed by atoms with Crippen LogP contribution in [-0.2, 0) is 25.8 Å². The van der Waals surface area contributed by atoms with E-state index in [1.165, 1.54) is 18.4 Å². The summed E-state index contributed by atoms with van der Waals surface area (Å²) in [6.45, 7) is 4.40. The second kappa shape index (κ2) is 6.94. The van der Waals surface area contributed by atoms with Crippen molar-refractivity contribution in [3.63, 3.8) is 0 Å². The summed E-state index contributed by atoms with van der Waals surface area (Å²) in [4.78, 5) is 21.4. The summed E-state index contributed by atoms with van der Waals surface area (Å²) >= 11 is 0. The number of aromatic nitrogens is 2. The summed E-state index contributed by atoms with van der Waals surface area (Å²) in [5.74, 6) is 1.58. The van der Waals surface area contributed by atoms with Crippen molar-refractivity contribution >= 4 is 11.7 Å². The van der Waals surface area contributed by atoms with Gasteiger partial charge in [0.1, 0.15) is 17.7 Å². The molecule has 2 amide bonds. The minimum Gasteiger partial charge on any atom is -0.490 e. The third kappa shape index (κ3) is 3.49. The minimum atomic E-state index is -0.254. The maximum absolute atomic E-state index is 12.2. The molecule has 6 nitrogen and oxygen atoms in total. The molecule has 1 aliphatic heterocycles. The minimum absolute atomic E-state index is 0.193. The van der Waals surface area contributed by atoms with Crippen LogP contribution >= 0.6 is 0 Å². The lowest BCUT2D eigenvalue weighted by Crippen LogP contribution is -2.29. The molecule has 4 rings (SSSR count). The zero-order valence-corrected chi connectivity index (χ0v) is 15.3. The lowest BCUT2D eigenvalue weighted by molar-refractivity contribution is 0.251. The molecule has 0 saturated heterocycles. The molecule has 2 N–H and O–H groups in total. The fourth-order valence-corrected chi connectivity index (χ4v) is 3.76. The van der Waals surface area contributed by atoms with E-state index in [9.17, 15) is 4.79 Å². The van der Waals surface area contributed by atoms with Crippen LogP contribution < -0.4 is 15.4 Å². The molecule has 2 heterocycles. The highest BCUT2D eigenvalue weighted by Gasteiger charge is 2.19. The van der Waals surface area contributed by atoms with Gasteiger partial charge in [-0.1, -0.05) is 0 Å². The number of urea groups is 1. The van der Waals surface area contributed by atoms with E-state index in [2.05, 4.69) is 20.6 Å². The largest absolute Gasteiger partial charge is 0.490 e. The molecule has 1 atom stereocenters. The van der Waals surface area contributed by atoms with Crippen molar-refractivity contribution < 1.29 is 9.53 Å². The third-order valence-electron chi connectivity index (χ3n) is 5.00. The lowest BCUT2D eigenvalue weighted by atomic mass is 9.95. The molecular weight excluding hydrogens is 328 g/mol. The predicted molar refractivity (Wildman–Crippen MR) is 99.5 cm³/mol. The van der Waals surface area contributed by atoms with Crippen LogP contribution in [0.2, 0.25) is 0 Å². The number of nitrogens with one attached hydrogen (secondary N) is 2. The van der Waals surface area contributed by atoms with E-state index in [0.29, 0.717) is 12.4 Å². The first kappa shape index (κ1) is 16.8. The summed E-state index contributed by atoms with van der Waals surface area (Å²) < 4.78 is 5.68. The molecule has 0 bridgehead atoms. The maximum Gasteiger partial charge on any atom is 0.319 e. The first-order valence-corrected chi connectivity index (χ1v) is 9.28. The van der Waals surface area contributed by atoms with E-state index in [1.807, 2.05) is 32.0 Å². The van der Waals surface area contributed by atoms with Gasteiger partial charge in [0, 0.05) is 23.5 Å². The first-order chi connectivity index (χ1) is 12.6. The Morgan fingerprint density at radius 1 is 1.27 bits per heavy atom. The van der Waals surface area contributed by atoms with Crippen LogP contribution in [0.5, 0.6) is 5.75 Å². The van der Waals surface area contributed by atoms with E-state index in [4.69, 9.17) is 4.74 Å². The molecule has 26 heavy (non-hydrogen) atoms. The molecule has 2 aliphatic rings. The summed E-state index contributed by atoms with van der Waals surface area (Å²) in [7, 11) is 0. The number of fused-ring (bicyclic) bond motifs is 2. The topological polar surface area (TPSA) is 76.1 Å². The summed E-state index contributed by atoms with van der Waals surface area (Å²) in [6, 6.07) is 5.48. The third-order valence-corrected chi connectivity index (χ3v) is 5.00. The van der Waals surface area contributed by atoms with Gasteiger partial charge in [-0.25, -0.2) is 14.8 Å². The predicted octanol–water partition coefficient (Wildman–Crippen LogP) is 3.31. The van der Waals surface area contributed by atoms with Crippen molar-refractivity contribution in [2.75, 3.05) is 5.32 Å². The van der Waals surface area contributed by atoms with Crippen molar-refractivity contribution in [1.82, 2.24) is 15.3 Å². The molecule has 0 saturated carbocycles. The van der Waals surface area contributed by atoms with Crippen LogP contribution in [0.4, 0.5) is 10.5 Å². The molecule has 1 aromatic carbocycles. The molecule has 0 unspecified atom stereocenters. The Hall–Kier alpha value is -2.63. The van der Waals surface area contributed by atoms with E-state index in [0.717, 1.165) is 47.7 Å². The van der Waals surface area contributed by atoms with Crippen molar-refractivity contribution in [3.8, 4) is 5.75 Å². The molecule has 2 aromatic rings. The zero-order chi connectivity index (χ0) is 18.1. The molecule has 0 spiro atoms. The van der Waals surface area contributed by atoms with Gasteiger partial charge in [-0.3, -0.25) is 0 Å². The van der Waals surface area contributed by atoms with Gasteiger partial charge in [-0.05, 0) is 68.9 Å². The summed E-state index contributed by atoms with van der Waals surface area (Å²) in [5, 5.41) is 5.72. The number of anilines is 1. The second-order valence-corrected chi connectivity index (χ2v) is 7.12. The number of amides is 2. The average molecular weight is 352 g/mol. The second-order valence-electron chi connectivity index (χ2n) is 7.12. The summed E-state index contributed by atoms with van der Waals surface area (Å²) in [6.07, 6.45) is 5.52. The standard InChI is InChI=1S/C20H24N4O2/c1-12-9-14-10-15(7-8-18(14)26-12)23-20(25)21-11-19-22-13(2)16-5-3-4-6-17(16)24-19/h7-8,10,12H,3-6,9,11H2,1-2H3,(H2,21,23,25)/t12-/m0/s1. The highest BCUT2D eigenvalue weighted by molar-refractivity contribution is 5.89. The normalized spacial score (nSPS) is 17.8. The lowest BCUT2D eigenvalue weighted by Gasteiger charge is -2.17. The Kier molecular flexibility index (Phi) is 4.49. The molecule has 136 valence electrons. The van der Waals surface area contributed by atoms with Gasteiger partial charge in [-0.2, -0.15) is 0 Å². The number of hydrogen-bond acceptors (Lipinski definition) is 4. The van der Waals surface area contributed by atoms with E-state index < -0.39 is 0 Å². The number of rotatable bonds is 3. The Labute approximate surface area is 153 Å². The number of benzene rings is 1. The van der Waals surface area contributed by atoms with E-state index in [1.54, 1.807) is 0 Å². The maximum atomic E-state index is 12.2. The van der Waals surface area contributed by atoms with Crippen LogP contribution in [-0.4, -0.2) is 22.1 Å². The molecule has 1 aromatic heterocycles. The quantitative estimate of drug-likeness (QED) is 0.888. The van der Waals surface area contributed by atoms with Crippen LogP contribution in [0.25, 0.3) is 0 Å². The van der Waals surface area contributed by atoms with Crippen molar-refractivity contribution in [2.45, 2.75) is 58.6 Å². The van der Waals surface area contributed by atoms with Gasteiger partial charge in [0.25, 0.3) is 0 Å². The number of aryl methyl sites for hydroxylation is 2. The number of hydrogen-bond donors (Lipinski definition) is 2. The Bertz CT molecular complexity index is 850. The smallest absolute Gasteiger partial charge is 0.319 e. The Balaban J connectivity index is 1.37. The van der Waals surface area contributed by atoms with Gasteiger partial charge >= 0.3 is 6.03 Å². The van der Waals surface area contributed by atoms with Gasteiger partial charge in [0.05, 0.1) is 6.54 Å². The van der Waals surface area contributed by atoms with Gasteiger partial charge < -0.3 is 15.4 Å². The first-order valence-electron chi connectivity index (χ1n) is 9.28. The zero-order valence-electron chi connectivity index (χ0n) is 15.3. The number of carbonyl (C=O) groups excluding carboxylic acids is 1.